The van der Waals surface area contributed by atoms with Crippen LogP contribution in [-0.4, -0.2) is 69.6 Å². The van der Waals surface area contributed by atoms with Crippen LogP contribution in [0.4, 0.5) is 0 Å². The lowest BCUT2D eigenvalue weighted by Gasteiger charge is -2.24. The third kappa shape index (κ3) is 9.41. The first kappa shape index (κ1) is 40.1. The molecule has 4 rings (SSSR count). The number of hydrogen-bond donors (Lipinski definition) is 5. The number of methoxy groups -OCH3 is 2. The van der Waals surface area contributed by atoms with E-state index in [1.54, 1.807) is 19.1 Å². The Balaban J connectivity index is 1.50. The van der Waals surface area contributed by atoms with Gasteiger partial charge in [0.1, 0.15) is 34.8 Å². The van der Waals surface area contributed by atoms with E-state index in [4.69, 9.17) is 47.3 Å². The fraction of sp³-hybridized carbons (Fsp3) is 0.351. The molecule has 278 valence electrons. The molecule has 0 bridgehead atoms. The molecule has 0 fully saturated rings. The van der Waals surface area contributed by atoms with Crippen molar-refractivity contribution in [3.63, 3.8) is 0 Å². The fourth-order valence-corrected chi connectivity index (χ4v) is 5.65. The molecule has 52 heavy (non-hydrogen) atoms. The zero-order chi connectivity index (χ0) is 38.2. The number of carboxylic acid groups (broad SMARTS) is 2. The van der Waals surface area contributed by atoms with E-state index < -0.39 is 30.1 Å². The standard InChI is InChI=1S/C37H42Cl2N4O9/c1-20-23(17-51-33-29(38)13-25(31(42-33)49-5)15-40-22(3)35(45)46)9-7-11-27(20)28-12-8-10-24(21(28)2)18-52-34-30(39)14-26(32(43-34)50-6)16-41-37(4,19-44)36(47)48/h7-14,22,40-41,44H,15-19H2,1-6H3,(H,45,46)(H,47,48)/t22-,37+/m0/s1. The first-order valence-electron chi connectivity index (χ1n) is 16.2. The van der Waals surface area contributed by atoms with Gasteiger partial charge in [-0.15, -0.1) is 0 Å². The summed E-state index contributed by atoms with van der Waals surface area (Å²) in [6.45, 7) is 6.87. The van der Waals surface area contributed by atoms with Gasteiger partial charge in [-0.1, -0.05) is 59.6 Å². The van der Waals surface area contributed by atoms with Crippen LogP contribution in [0.2, 0.25) is 10.0 Å². The third-order valence-corrected chi connectivity index (χ3v) is 9.23. The van der Waals surface area contributed by atoms with Crippen LogP contribution in [0.5, 0.6) is 23.5 Å². The third-order valence-electron chi connectivity index (χ3n) is 8.69. The maximum Gasteiger partial charge on any atom is 0.326 e. The van der Waals surface area contributed by atoms with Crippen LogP contribution in [0.3, 0.4) is 0 Å². The first-order valence-corrected chi connectivity index (χ1v) is 16.9. The monoisotopic (exact) mass is 756 g/mol. The number of aromatic nitrogens is 2. The summed E-state index contributed by atoms with van der Waals surface area (Å²) in [6, 6.07) is 14.3. The second-order valence-corrected chi connectivity index (χ2v) is 13.0. The van der Waals surface area contributed by atoms with Gasteiger partial charge in [0.15, 0.2) is 0 Å². The number of nitrogens with zero attached hydrogens (tertiary/aromatic N) is 2. The van der Waals surface area contributed by atoms with Gasteiger partial charge in [-0.05, 0) is 73.2 Å². The predicted octanol–water partition coefficient (Wildman–Crippen LogP) is 5.73. The second-order valence-electron chi connectivity index (χ2n) is 12.2. The molecular formula is C37H42Cl2N4O9. The van der Waals surface area contributed by atoms with Crippen molar-refractivity contribution in [2.45, 2.75) is 65.6 Å². The van der Waals surface area contributed by atoms with Gasteiger partial charge in [0.2, 0.25) is 23.5 Å². The number of rotatable bonds is 18. The first-order chi connectivity index (χ1) is 24.7. The molecule has 0 aliphatic heterocycles. The minimum Gasteiger partial charge on any atom is -0.481 e. The van der Waals surface area contributed by atoms with E-state index in [9.17, 15) is 19.8 Å². The van der Waals surface area contributed by atoms with Crippen molar-refractivity contribution < 1.29 is 43.9 Å². The van der Waals surface area contributed by atoms with Crippen LogP contribution in [0.25, 0.3) is 11.1 Å². The maximum atomic E-state index is 11.6. The number of aliphatic carboxylic acids is 2. The molecule has 2 aromatic carbocycles. The highest BCUT2D eigenvalue weighted by atomic mass is 35.5. The van der Waals surface area contributed by atoms with E-state index in [-0.39, 0.29) is 59.9 Å². The lowest BCUT2D eigenvalue weighted by Crippen LogP contribution is -2.52. The minimum absolute atomic E-state index is 0.0292. The van der Waals surface area contributed by atoms with Gasteiger partial charge in [0, 0.05) is 24.2 Å². The van der Waals surface area contributed by atoms with E-state index in [0.29, 0.717) is 11.1 Å². The van der Waals surface area contributed by atoms with Crippen molar-refractivity contribution >= 4 is 35.1 Å². The van der Waals surface area contributed by atoms with Gasteiger partial charge in [-0.2, -0.15) is 9.97 Å². The topological polar surface area (TPSA) is 182 Å². The van der Waals surface area contributed by atoms with Gasteiger partial charge in [-0.25, -0.2) is 0 Å². The predicted molar refractivity (Wildman–Crippen MR) is 196 cm³/mol. The van der Waals surface area contributed by atoms with Crippen LogP contribution >= 0.6 is 23.2 Å². The van der Waals surface area contributed by atoms with Crippen molar-refractivity contribution in [2.75, 3.05) is 20.8 Å². The lowest BCUT2D eigenvalue weighted by molar-refractivity contribution is -0.146. The summed E-state index contributed by atoms with van der Waals surface area (Å²) >= 11 is 13.0. The molecule has 13 nitrogen and oxygen atoms in total. The second kappa shape index (κ2) is 17.7. The Bertz CT molecular complexity index is 1930. The van der Waals surface area contributed by atoms with E-state index in [2.05, 4.69) is 20.6 Å². The van der Waals surface area contributed by atoms with Crippen LogP contribution in [-0.2, 0) is 35.9 Å². The molecule has 2 atom stereocenters. The summed E-state index contributed by atoms with van der Waals surface area (Å²) in [7, 11) is 2.90. The molecule has 0 saturated carbocycles. The van der Waals surface area contributed by atoms with E-state index in [0.717, 1.165) is 33.4 Å². The highest BCUT2D eigenvalue weighted by Gasteiger charge is 2.32. The molecule has 0 aliphatic carbocycles. The average Bonchev–Trinajstić information content (AvgIpc) is 3.12. The van der Waals surface area contributed by atoms with Crippen molar-refractivity contribution in [1.82, 2.24) is 20.6 Å². The molecule has 2 aromatic heterocycles. The number of nitrogens with one attached hydrogen (secondary N) is 2. The zero-order valence-corrected chi connectivity index (χ0v) is 31.2. The molecule has 0 amide bonds. The average molecular weight is 758 g/mol. The van der Waals surface area contributed by atoms with Crippen LogP contribution in [0, 0.1) is 13.8 Å². The zero-order valence-electron chi connectivity index (χ0n) is 29.7. The van der Waals surface area contributed by atoms with Gasteiger partial charge in [-0.3, -0.25) is 14.9 Å². The van der Waals surface area contributed by atoms with Crippen molar-refractivity contribution in [1.29, 1.82) is 0 Å². The molecule has 4 aromatic rings. The Morgan fingerprint density at radius 1 is 0.788 bits per heavy atom. The van der Waals surface area contributed by atoms with Gasteiger partial charge in [0.05, 0.1) is 20.8 Å². The molecule has 5 N–H and O–H groups in total. The lowest BCUT2D eigenvalue weighted by atomic mass is 9.92. The van der Waals surface area contributed by atoms with Crippen molar-refractivity contribution in [2.24, 2.45) is 0 Å². The number of benzene rings is 2. The smallest absolute Gasteiger partial charge is 0.326 e. The van der Waals surface area contributed by atoms with Crippen LogP contribution in [0.1, 0.15) is 47.2 Å². The summed E-state index contributed by atoms with van der Waals surface area (Å²) < 4.78 is 23.0. The molecule has 0 unspecified atom stereocenters. The van der Waals surface area contributed by atoms with E-state index in [1.807, 2.05) is 50.2 Å². The van der Waals surface area contributed by atoms with Gasteiger partial charge < -0.3 is 39.6 Å². The Morgan fingerprint density at radius 3 is 1.65 bits per heavy atom. The molecule has 0 radical (unpaired) electrons. The number of carboxylic acids is 2. The maximum absolute atomic E-state index is 11.6. The Hall–Kier alpha value is -4.66. The highest BCUT2D eigenvalue weighted by molar-refractivity contribution is 6.32. The number of halogens is 2. The van der Waals surface area contributed by atoms with Crippen molar-refractivity contribution in [3.8, 4) is 34.6 Å². The minimum atomic E-state index is -1.56. The largest absolute Gasteiger partial charge is 0.481 e. The molecule has 2 heterocycles. The molecule has 15 heteroatoms. The summed E-state index contributed by atoms with van der Waals surface area (Å²) in [5.74, 6) is -1.37. The molecular weight excluding hydrogens is 715 g/mol. The SMILES string of the molecule is COc1nc(OCc2cccc(-c3cccc(COc4nc(OC)c(CN[C@](C)(CO)C(=O)O)cc4Cl)c3C)c2C)c(Cl)cc1CN[C@@H](C)C(=O)O. The molecule has 0 saturated heterocycles. The normalized spacial score (nSPS) is 12.9. The number of hydrogen-bond acceptors (Lipinski definition) is 11. The number of carbonyl (C=O) groups is 2. The molecule has 0 aliphatic rings. The van der Waals surface area contributed by atoms with Crippen LogP contribution in [0.15, 0.2) is 48.5 Å². The van der Waals surface area contributed by atoms with E-state index >= 15 is 0 Å². The Morgan fingerprint density at radius 2 is 1.25 bits per heavy atom. The quantitative estimate of drug-likeness (QED) is 0.0831. The summed E-state index contributed by atoms with van der Waals surface area (Å²) in [5, 5.41) is 34.3. The number of aliphatic hydroxyl groups is 1. The summed E-state index contributed by atoms with van der Waals surface area (Å²) in [4.78, 5) is 31.6. The number of ether oxygens (including phenoxy) is 4. The Kier molecular flexibility index (Phi) is 13.7. The van der Waals surface area contributed by atoms with Gasteiger partial charge in [0.25, 0.3) is 0 Å². The van der Waals surface area contributed by atoms with Crippen molar-refractivity contribution in [3.05, 3.63) is 92.0 Å². The number of pyridine rings is 2. The Labute approximate surface area is 311 Å². The summed E-state index contributed by atoms with van der Waals surface area (Å²) in [5.41, 5.74) is 5.31. The molecule has 0 spiro atoms. The fourth-order valence-electron chi connectivity index (χ4n) is 5.19. The summed E-state index contributed by atoms with van der Waals surface area (Å²) in [6.07, 6.45) is 0. The highest BCUT2D eigenvalue weighted by Crippen LogP contribution is 2.34. The van der Waals surface area contributed by atoms with E-state index in [1.165, 1.54) is 21.1 Å². The number of aliphatic hydroxyl groups excluding tert-OH is 1. The van der Waals surface area contributed by atoms with Gasteiger partial charge >= 0.3 is 11.9 Å². The van der Waals surface area contributed by atoms with Crippen LogP contribution < -0.4 is 29.6 Å².